The van der Waals surface area contributed by atoms with Gasteiger partial charge in [0.1, 0.15) is 11.4 Å². The summed E-state index contributed by atoms with van der Waals surface area (Å²) in [5, 5.41) is 9.02. The van der Waals surface area contributed by atoms with E-state index in [0.717, 1.165) is 33.6 Å². The molecule has 4 rings (SSSR count). The SMILES string of the molecule is COc1ccccc1CNC(=O)c1cc(C)c2c(C)nn(-c3ccccc3Cl)c2n1. The summed E-state index contributed by atoms with van der Waals surface area (Å²) in [5.74, 6) is 0.459. The number of methoxy groups -OCH3 is 1. The zero-order chi connectivity index (χ0) is 21.3. The Labute approximate surface area is 179 Å². The van der Waals surface area contributed by atoms with Crippen molar-refractivity contribution in [2.45, 2.75) is 20.4 Å². The van der Waals surface area contributed by atoms with Crippen LogP contribution in [0.25, 0.3) is 16.7 Å². The Hall–Kier alpha value is -3.38. The largest absolute Gasteiger partial charge is 0.496 e. The van der Waals surface area contributed by atoms with E-state index in [2.05, 4.69) is 15.4 Å². The summed E-state index contributed by atoms with van der Waals surface area (Å²) in [6.07, 6.45) is 0. The number of carbonyl (C=O) groups excluding carboxylic acids is 1. The molecule has 0 aliphatic carbocycles. The van der Waals surface area contributed by atoms with Gasteiger partial charge in [0, 0.05) is 17.5 Å². The molecule has 152 valence electrons. The Bertz CT molecular complexity index is 1250. The average molecular weight is 421 g/mol. The molecule has 0 fully saturated rings. The number of halogens is 1. The van der Waals surface area contributed by atoms with Crippen LogP contribution in [-0.4, -0.2) is 27.8 Å². The summed E-state index contributed by atoms with van der Waals surface area (Å²) >= 11 is 6.38. The maximum Gasteiger partial charge on any atom is 0.270 e. The maximum absolute atomic E-state index is 12.9. The highest BCUT2D eigenvalue weighted by Crippen LogP contribution is 2.27. The highest BCUT2D eigenvalue weighted by molar-refractivity contribution is 6.32. The van der Waals surface area contributed by atoms with E-state index in [1.54, 1.807) is 23.9 Å². The molecule has 6 nitrogen and oxygen atoms in total. The van der Waals surface area contributed by atoms with Crippen LogP contribution in [0.1, 0.15) is 27.3 Å². The zero-order valence-electron chi connectivity index (χ0n) is 16.9. The van der Waals surface area contributed by atoms with Gasteiger partial charge in [-0.15, -0.1) is 0 Å². The van der Waals surface area contributed by atoms with Gasteiger partial charge in [-0.1, -0.05) is 41.9 Å². The molecule has 0 radical (unpaired) electrons. The van der Waals surface area contributed by atoms with Gasteiger partial charge in [-0.3, -0.25) is 4.79 Å². The number of rotatable bonds is 5. The summed E-state index contributed by atoms with van der Waals surface area (Å²) < 4.78 is 7.04. The van der Waals surface area contributed by atoms with Crippen molar-refractivity contribution in [2.75, 3.05) is 7.11 Å². The molecule has 30 heavy (non-hydrogen) atoms. The van der Waals surface area contributed by atoms with Crippen LogP contribution in [0.2, 0.25) is 5.02 Å². The summed E-state index contributed by atoms with van der Waals surface area (Å²) in [5.41, 5.74) is 4.29. The van der Waals surface area contributed by atoms with E-state index in [1.807, 2.05) is 56.3 Å². The van der Waals surface area contributed by atoms with Crippen LogP contribution < -0.4 is 10.1 Å². The molecule has 4 aromatic rings. The number of aryl methyl sites for hydroxylation is 2. The molecule has 2 aromatic carbocycles. The van der Waals surface area contributed by atoms with E-state index in [4.69, 9.17) is 16.3 Å². The Kier molecular flexibility index (Phi) is 5.42. The van der Waals surface area contributed by atoms with Crippen molar-refractivity contribution in [1.29, 1.82) is 0 Å². The third-order valence-corrected chi connectivity index (χ3v) is 5.27. The molecular formula is C23H21ClN4O2. The third-order valence-electron chi connectivity index (χ3n) is 4.96. The molecule has 2 aromatic heterocycles. The number of nitrogens with one attached hydrogen (secondary N) is 1. The number of amides is 1. The highest BCUT2D eigenvalue weighted by Gasteiger charge is 2.18. The second kappa shape index (κ2) is 8.16. The van der Waals surface area contributed by atoms with Crippen molar-refractivity contribution in [2.24, 2.45) is 0 Å². The van der Waals surface area contributed by atoms with E-state index in [1.165, 1.54) is 0 Å². The second-order valence-corrected chi connectivity index (χ2v) is 7.37. The number of aromatic nitrogens is 3. The van der Waals surface area contributed by atoms with Gasteiger partial charge in [-0.2, -0.15) is 5.10 Å². The van der Waals surface area contributed by atoms with Crippen molar-refractivity contribution >= 4 is 28.5 Å². The predicted octanol–water partition coefficient (Wildman–Crippen LogP) is 4.63. The highest BCUT2D eigenvalue weighted by atomic mass is 35.5. The van der Waals surface area contributed by atoms with Gasteiger partial charge in [0.2, 0.25) is 0 Å². The lowest BCUT2D eigenvalue weighted by molar-refractivity contribution is 0.0946. The molecule has 0 aliphatic rings. The quantitative estimate of drug-likeness (QED) is 0.511. The van der Waals surface area contributed by atoms with Crippen molar-refractivity contribution in [3.8, 4) is 11.4 Å². The van der Waals surface area contributed by atoms with Gasteiger partial charge in [0.15, 0.2) is 5.65 Å². The van der Waals surface area contributed by atoms with Crippen LogP contribution in [0.4, 0.5) is 0 Å². The Balaban J connectivity index is 1.71. The van der Waals surface area contributed by atoms with Crippen LogP contribution in [0.15, 0.2) is 54.6 Å². The van der Waals surface area contributed by atoms with Gasteiger partial charge in [-0.25, -0.2) is 9.67 Å². The molecule has 0 atom stereocenters. The molecule has 0 unspecified atom stereocenters. The Morgan fingerprint density at radius 2 is 1.87 bits per heavy atom. The van der Waals surface area contributed by atoms with Crippen molar-refractivity contribution < 1.29 is 9.53 Å². The molecular weight excluding hydrogens is 400 g/mol. The van der Waals surface area contributed by atoms with Crippen molar-refractivity contribution in [3.05, 3.63) is 82.1 Å². The minimum Gasteiger partial charge on any atom is -0.496 e. The number of hydrogen-bond acceptors (Lipinski definition) is 4. The topological polar surface area (TPSA) is 69.0 Å². The van der Waals surface area contributed by atoms with E-state index in [9.17, 15) is 4.79 Å². The first-order valence-electron chi connectivity index (χ1n) is 9.51. The summed E-state index contributed by atoms with van der Waals surface area (Å²) in [6.45, 7) is 4.21. The number of pyridine rings is 1. The summed E-state index contributed by atoms with van der Waals surface area (Å²) in [7, 11) is 1.61. The number of ether oxygens (including phenoxy) is 1. The maximum atomic E-state index is 12.9. The van der Waals surface area contributed by atoms with Gasteiger partial charge >= 0.3 is 0 Å². The van der Waals surface area contributed by atoms with Gasteiger partial charge in [-0.05, 0) is 43.7 Å². The van der Waals surface area contributed by atoms with E-state index >= 15 is 0 Å². The minimum atomic E-state index is -0.268. The molecule has 0 aliphatic heterocycles. The standard InChI is InChI=1S/C23H21ClN4O2/c1-14-12-18(23(29)25-13-16-8-4-7-11-20(16)30-3)26-22-21(14)15(2)27-28(22)19-10-6-5-9-17(19)24/h4-12H,13H2,1-3H3,(H,25,29). The zero-order valence-corrected chi connectivity index (χ0v) is 17.7. The van der Waals surface area contributed by atoms with Crippen LogP contribution >= 0.6 is 11.6 Å². The number of benzene rings is 2. The fourth-order valence-corrected chi connectivity index (χ4v) is 3.74. The first-order valence-corrected chi connectivity index (χ1v) is 9.89. The fourth-order valence-electron chi connectivity index (χ4n) is 3.53. The lowest BCUT2D eigenvalue weighted by Crippen LogP contribution is -2.24. The smallest absolute Gasteiger partial charge is 0.270 e. The van der Waals surface area contributed by atoms with Crippen LogP contribution in [0.5, 0.6) is 5.75 Å². The monoisotopic (exact) mass is 420 g/mol. The molecule has 0 bridgehead atoms. The number of hydrogen-bond donors (Lipinski definition) is 1. The summed E-state index contributed by atoms with van der Waals surface area (Å²) in [4.78, 5) is 17.5. The van der Waals surface area contributed by atoms with Crippen molar-refractivity contribution in [1.82, 2.24) is 20.1 Å². The lowest BCUT2D eigenvalue weighted by atomic mass is 10.1. The minimum absolute atomic E-state index is 0.268. The predicted molar refractivity (Wildman–Crippen MR) is 118 cm³/mol. The average Bonchev–Trinajstić information content (AvgIpc) is 3.09. The van der Waals surface area contributed by atoms with Crippen LogP contribution in [0, 0.1) is 13.8 Å². The van der Waals surface area contributed by atoms with Crippen molar-refractivity contribution in [3.63, 3.8) is 0 Å². The first-order chi connectivity index (χ1) is 14.5. The van der Waals surface area contributed by atoms with Gasteiger partial charge < -0.3 is 10.1 Å². The van der Waals surface area contributed by atoms with E-state index < -0.39 is 0 Å². The van der Waals surface area contributed by atoms with E-state index in [0.29, 0.717) is 22.9 Å². The number of fused-ring (bicyclic) bond motifs is 1. The summed E-state index contributed by atoms with van der Waals surface area (Å²) in [6, 6.07) is 16.8. The normalized spacial score (nSPS) is 10.9. The molecule has 2 heterocycles. The Morgan fingerprint density at radius 1 is 1.13 bits per heavy atom. The number of nitrogens with zero attached hydrogens (tertiary/aromatic N) is 3. The fraction of sp³-hybridized carbons (Fsp3) is 0.174. The molecule has 1 amide bonds. The lowest BCUT2D eigenvalue weighted by Gasteiger charge is -2.10. The van der Waals surface area contributed by atoms with Gasteiger partial charge in [0.25, 0.3) is 5.91 Å². The number of para-hydroxylation sites is 2. The molecule has 0 saturated carbocycles. The molecule has 0 spiro atoms. The molecule has 7 heteroatoms. The van der Waals surface area contributed by atoms with Crippen LogP contribution in [-0.2, 0) is 6.54 Å². The molecule has 0 saturated heterocycles. The third kappa shape index (κ3) is 3.62. The first kappa shape index (κ1) is 19.9. The van der Waals surface area contributed by atoms with Crippen LogP contribution in [0.3, 0.4) is 0 Å². The number of carbonyl (C=O) groups is 1. The van der Waals surface area contributed by atoms with Gasteiger partial charge in [0.05, 0.1) is 23.5 Å². The second-order valence-electron chi connectivity index (χ2n) is 6.97. The molecule has 1 N–H and O–H groups in total. The Morgan fingerprint density at radius 3 is 2.63 bits per heavy atom. The van der Waals surface area contributed by atoms with E-state index in [-0.39, 0.29) is 5.91 Å².